The largest absolute Gasteiger partial charge is 0.324 e. The van der Waals surface area contributed by atoms with Gasteiger partial charge in [0.25, 0.3) is 0 Å². The van der Waals surface area contributed by atoms with E-state index in [1.807, 2.05) is 37.3 Å². The molecule has 0 amide bonds. The molecule has 0 radical (unpaired) electrons. The number of nitrogen functional groups attached to an aromatic ring is 1. The quantitative estimate of drug-likeness (QED) is 0.633. The van der Waals surface area contributed by atoms with Gasteiger partial charge in [-0.1, -0.05) is 37.3 Å². The third-order valence-corrected chi connectivity index (χ3v) is 5.15. The number of hydrogen-bond acceptors (Lipinski definition) is 4. The van der Waals surface area contributed by atoms with Gasteiger partial charge in [0.1, 0.15) is 0 Å². The fraction of sp³-hybridized carbons (Fsp3) is 0.200. The third-order valence-electron chi connectivity index (χ3n) is 3.21. The Kier molecular flexibility index (Phi) is 4.95. The molecule has 0 spiro atoms. The molecule has 0 aliphatic rings. The summed E-state index contributed by atoms with van der Waals surface area (Å²) in [5.74, 6) is 5.29. The molecular formula is C15H19N3O2S. The van der Waals surface area contributed by atoms with E-state index in [4.69, 9.17) is 5.84 Å². The van der Waals surface area contributed by atoms with Crippen molar-refractivity contribution in [2.45, 2.75) is 18.4 Å². The summed E-state index contributed by atoms with van der Waals surface area (Å²) >= 11 is 0. The molecule has 0 unspecified atom stereocenters. The molecule has 3 N–H and O–H groups in total. The zero-order valence-electron chi connectivity index (χ0n) is 11.9. The maximum atomic E-state index is 12.6. The van der Waals surface area contributed by atoms with Crippen molar-refractivity contribution in [3.8, 4) is 0 Å². The number of nitrogens with two attached hydrogens (primary N) is 1. The van der Waals surface area contributed by atoms with Gasteiger partial charge in [-0.05, 0) is 29.8 Å². The Labute approximate surface area is 125 Å². The van der Waals surface area contributed by atoms with Gasteiger partial charge in [0.15, 0.2) is 0 Å². The molecule has 0 bridgehead atoms. The van der Waals surface area contributed by atoms with Crippen molar-refractivity contribution in [1.29, 1.82) is 0 Å². The Hall–Kier alpha value is -1.89. The summed E-state index contributed by atoms with van der Waals surface area (Å²) in [6, 6.07) is 15.9. The smallest absolute Gasteiger partial charge is 0.243 e. The minimum Gasteiger partial charge on any atom is -0.324 e. The van der Waals surface area contributed by atoms with Crippen LogP contribution in [0.2, 0.25) is 0 Å². The molecule has 112 valence electrons. The van der Waals surface area contributed by atoms with Crippen molar-refractivity contribution < 1.29 is 8.42 Å². The first-order chi connectivity index (χ1) is 10.1. The number of benzene rings is 2. The van der Waals surface area contributed by atoms with Crippen LogP contribution in [-0.4, -0.2) is 19.3 Å². The molecule has 2 aromatic carbocycles. The van der Waals surface area contributed by atoms with Crippen LogP contribution in [0, 0.1) is 0 Å². The van der Waals surface area contributed by atoms with Crippen molar-refractivity contribution in [2.24, 2.45) is 5.84 Å². The van der Waals surface area contributed by atoms with Gasteiger partial charge in [-0.15, -0.1) is 0 Å². The molecule has 0 saturated carbocycles. The molecule has 0 aliphatic heterocycles. The molecular weight excluding hydrogens is 286 g/mol. The van der Waals surface area contributed by atoms with Gasteiger partial charge < -0.3 is 5.43 Å². The highest BCUT2D eigenvalue weighted by Gasteiger charge is 2.22. The van der Waals surface area contributed by atoms with Crippen LogP contribution in [0.3, 0.4) is 0 Å². The first-order valence-corrected chi connectivity index (χ1v) is 8.12. The Morgan fingerprint density at radius 1 is 1.05 bits per heavy atom. The zero-order valence-corrected chi connectivity index (χ0v) is 12.7. The molecule has 0 aromatic heterocycles. The van der Waals surface area contributed by atoms with Crippen molar-refractivity contribution in [1.82, 2.24) is 4.31 Å². The lowest BCUT2D eigenvalue weighted by Gasteiger charge is -2.20. The molecule has 0 atom stereocenters. The maximum Gasteiger partial charge on any atom is 0.243 e. The highest BCUT2D eigenvalue weighted by molar-refractivity contribution is 7.89. The highest BCUT2D eigenvalue weighted by Crippen LogP contribution is 2.19. The number of sulfonamides is 1. The van der Waals surface area contributed by atoms with Gasteiger partial charge in [0.2, 0.25) is 10.0 Å². The molecule has 0 aliphatic carbocycles. The molecule has 5 nitrogen and oxygen atoms in total. The first kappa shape index (κ1) is 15.5. The van der Waals surface area contributed by atoms with Gasteiger partial charge in [-0.25, -0.2) is 8.42 Å². The van der Waals surface area contributed by atoms with Gasteiger partial charge in [0.05, 0.1) is 4.90 Å². The number of rotatable bonds is 6. The average Bonchev–Trinajstić information content (AvgIpc) is 2.53. The van der Waals surface area contributed by atoms with Crippen molar-refractivity contribution in [3.05, 3.63) is 60.2 Å². The van der Waals surface area contributed by atoms with Crippen LogP contribution in [0.5, 0.6) is 0 Å². The van der Waals surface area contributed by atoms with Gasteiger partial charge in [0, 0.05) is 18.8 Å². The number of hydrogen-bond donors (Lipinski definition) is 2. The van der Waals surface area contributed by atoms with Crippen molar-refractivity contribution in [2.75, 3.05) is 12.0 Å². The Morgan fingerprint density at radius 3 is 2.19 bits per heavy atom. The van der Waals surface area contributed by atoms with Crippen LogP contribution in [0.4, 0.5) is 5.69 Å². The van der Waals surface area contributed by atoms with E-state index < -0.39 is 10.0 Å². The normalized spacial score (nSPS) is 11.6. The Morgan fingerprint density at radius 2 is 1.67 bits per heavy atom. The SMILES string of the molecule is CCN(Cc1ccccc1)S(=O)(=O)c1ccc(NN)cc1. The van der Waals surface area contributed by atoms with Crippen LogP contribution in [0.15, 0.2) is 59.5 Å². The summed E-state index contributed by atoms with van der Waals surface area (Å²) in [7, 11) is -3.51. The van der Waals surface area contributed by atoms with E-state index in [-0.39, 0.29) is 4.90 Å². The summed E-state index contributed by atoms with van der Waals surface area (Å²) in [6.07, 6.45) is 0. The standard InChI is InChI=1S/C15H19N3O2S/c1-2-18(12-13-6-4-3-5-7-13)21(19,20)15-10-8-14(17-16)9-11-15/h3-11,17H,2,12,16H2,1H3. The van der Waals surface area contributed by atoms with E-state index in [0.717, 1.165) is 5.56 Å². The monoisotopic (exact) mass is 305 g/mol. The second-order valence-corrected chi connectivity index (χ2v) is 6.52. The highest BCUT2D eigenvalue weighted by atomic mass is 32.2. The van der Waals surface area contributed by atoms with E-state index >= 15 is 0 Å². The molecule has 6 heteroatoms. The van der Waals surface area contributed by atoms with Crippen LogP contribution < -0.4 is 11.3 Å². The lowest BCUT2D eigenvalue weighted by molar-refractivity contribution is 0.423. The second-order valence-electron chi connectivity index (χ2n) is 4.59. The fourth-order valence-corrected chi connectivity index (χ4v) is 3.46. The number of hydrazine groups is 1. The number of anilines is 1. The predicted octanol–water partition coefficient (Wildman–Crippen LogP) is 2.18. The molecule has 0 heterocycles. The third kappa shape index (κ3) is 3.60. The van der Waals surface area contributed by atoms with E-state index in [2.05, 4.69) is 5.43 Å². The summed E-state index contributed by atoms with van der Waals surface area (Å²) < 4.78 is 26.7. The fourth-order valence-electron chi connectivity index (χ4n) is 2.03. The number of nitrogens with zero attached hydrogens (tertiary/aromatic N) is 1. The summed E-state index contributed by atoms with van der Waals surface area (Å²) in [5.41, 5.74) is 4.11. The van der Waals surface area contributed by atoms with Gasteiger partial charge >= 0.3 is 0 Å². The van der Waals surface area contributed by atoms with Crippen LogP contribution in [-0.2, 0) is 16.6 Å². The molecule has 0 fully saturated rings. The lowest BCUT2D eigenvalue weighted by atomic mass is 10.2. The molecule has 21 heavy (non-hydrogen) atoms. The average molecular weight is 305 g/mol. The minimum atomic E-state index is -3.51. The van der Waals surface area contributed by atoms with Gasteiger partial charge in [-0.3, -0.25) is 5.84 Å². The van der Waals surface area contributed by atoms with E-state index in [0.29, 0.717) is 18.8 Å². The van der Waals surface area contributed by atoms with E-state index in [1.54, 1.807) is 24.3 Å². The van der Waals surface area contributed by atoms with E-state index in [1.165, 1.54) is 4.31 Å². The Balaban J connectivity index is 2.26. The van der Waals surface area contributed by atoms with Crippen LogP contribution in [0.25, 0.3) is 0 Å². The predicted molar refractivity (Wildman–Crippen MR) is 84.0 cm³/mol. The lowest BCUT2D eigenvalue weighted by Crippen LogP contribution is -2.30. The van der Waals surface area contributed by atoms with Gasteiger partial charge in [-0.2, -0.15) is 4.31 Å². The van der Waals surface area contributed by atoms with Crippen molar-refractivity contribution >= 4 is 15.7 Å². The number of nitrogens with one attached hydrogen (secondary N) is 1. The van der Waals surface area contributed by atoms with Crippen LogP contribution in [0.1, 0.15) is 12.5 Å². The van der Waals surface area contributed by atoms with E-state index in [9.17, 15) is 8.42 Å². The van der Waals surface area contributed by atoms with Crippen LogP contribution >= 0.6 is 0 Å². The molecule has 0 saturated heterocycles. The summed E-state index contributed by atoms with van der Waals surface area (Å²) in [6.45, 7) is 2.60. The Bertz CT molecular complexity index is 670. The topological polar surface area (TPSA) is 75.4 Å². The molecule has 2 aromatic rings. The zero-order chi connectivity index (χ0) is 15.3. The minimum absolute atomic E-state index is 0.263. The first-order valence-electron chi connectivity index (χ1n) is 6.68. The maximum absolute atomic E-state index is 12.6. The summed E-state index contributed by atoms with van der Waals surface area (Å²) in [4.78, 5) is 0.263. The second kappa shape index (κ2) is 6.71. The summed E-state index contributed by atoms with van der Waals surface area (Å²) in [5, 5.41) is 0. The van der Waals surface area contributed by atoms with Crippen molar-refractivity contribution in [3.63, 3.8) is 0 Å². The molecule has 2 rings (SSSR count).